The summed E-state index contributed by atoms with van der Waals surface area (Å²) < 4.78 is 5.45. The van der Waals surface area contributed by atoms with Crippen molar-refractivity contribution in [2.24, 2.45) is 4.99 Å². The number of alkyl carbamates (subject to hydrolysis) is 1. The summed E-state index contributed by atoms with van der Waals surface area (Å²) in [5.74, 6) is 6.62. The Morgan fingerprint density at radius 2 is 1.95 bits per heavy atom. The van der Waals surface area contributed by atoms with Crippen molar-refractivity contribution >= 4 is 34.9 Å². The van der Waals surface area contributed by atoms with E-state index in [1.54, 1.807) is 14.0 Å². The van der Waals surface area contributed by atoms with E-state index in [0.29, 0.717) is 24.9 Å². The number of aryl methyl sites for hydroxylation is 1. The van der Waals surface area contributed by atoms with Gasteiger partial charge >= 0.3 is 12.1 Å². The fourth-order valence-corrected chi connectivity index (χ4v) is 5.67. The third kappa shape index (κ3) is 5.82. The van der Waals surface area contributed by atoms with Crippen LogP contribution in [0, 0.1) is 18.8 Å². The zero-order valence-corrected chi connectivity index (χ0v) is 25.0. The minimum absolute atomic E-state index is 0.0505. The van der Waals surface area contributed by atoms with E-state index in [1.807, 2.05) is 56.9 Å². The molecule has 12 heteroatoms. The first kappa shape index (κ1) is 29.1. The number of piperidine rings is 1. The maximum Gasteiger partial charge on any atom is 0.407 e. The van der Waals surface area contributed by atoms with Crippen LogP contribution in [0.25, 0.3) is 10.9 Å². The van der Waals surface area contributed by atoms with Crippen molar-refractivity contribution in [1.29, 1.82) is 0 Å². The van der Waals surface area contributed by atoms with Gasteiger partial charge in [0.15, 0.2) is 12.2 Å². The van der Waals surface area contributed by atoms with Crippen LogP contribution in [0.5, 0.6) is 0 Å². The molecule has 0 aliphatic carbocycles. The monoisotopic (exact) mass is 574 g/mol. The van der Waals surface area contributed by atoms with E-state index in [1.165, 1.54) is 9.80 Å². The lowest BCUT2D eigenvalue weighted by molar-refractivity contribution is -0.138. The van der Waals surface area contributed by atoms with E-state index in [4.69, 9.17) is 9.73 Å². The molecule has 2 aromatic rings. The number of aromatic nitrogens is 2. The topological polar surface area (TPSA) is 124 Å². The molecule has 0 bridgehead atoms. The summed E-state index contributed by atoms with van der Waals surface area (Å²) >= 11 is 0. The SMILES string of the molecule is CC#CCN1C(N2CCC[C@H](NC(=O)OC(C)(C)C)C2)=N[C@H]2[C@H]1C(=O)N(Cc1nc(C)c3ccccc3n1)C(=O)N2C. The van der Waals surface area contributed by atoms with Crippen LogP contribution in [0.2, 0.25) is 0 Å². The number of ether oxygens (including phenoxy) is 1. The molecule has 42 heavy (non-hydrogen) atoms. The van der Waals surface area contributed by atoms with Crippen molar-refractivity contribution in [3.63, 3.8) is 0 Å². The second-order valence-corrected chi connectivity index (χ2v) is 11.8. The molecule has 4 amide bonds. The molecule has 0 spiro atoms. The second-order valence-electron chi connectivity index (χ2n) is 11.8. The molecular weight excluding hydrogens is 536 g/mol. The molecule has 222 valence electrons. The van der Waals surface area contributed by atoms with Crippen LogP contribution in [0.4, 0.5) is 9.59 Å². The van der Waals surface area contributed by atoms with Crippen molar-refractivity contribution in [3.05, 3.63) is 35.8 Å². The molecule has 3 aliphatic rings. The van der Waals surface area contributed by atoms with Gasteiger partial charge in [0.1, 0.15) is 11.4 Å². The number of nitrogens with one attached hydrogen (secondary N) is 1. The number of urea groups is 1. The molecule has 2 fully saturated rings. The van der Waals surface area contributed by atoms with Crippen LogP contribution >= 0.6 is 0 Å². The van der Waals surface area contributed by atoms with Crippen molar-refractivity contribution in [2.45, 2.75) is 77.9 Å². The van der Waals surface area contributed by atoms with Gasteiger partial charge in [0.25, 0.3) is 5.91 Å². The Bertz CT molecular complexity index is 1490. The Kier molecular flexibility index (Phi) is 7.95. The Morgan fingerprint density at radius 3 is 2.69 bits per heavy atom. The zero-order chi connectivity index (χ0) is 30.2. The minimum atomic E-state index is -0.746. The summed E-state index contributed by atoms with van der Waals surface area (Å²) in [6.07, 6.45) is 0.442. The number of aliphatic imine (C=N–C) groups is 1. The number of guanidine groups is 1. The van der Waals surface area contributed by atoms with Gasteiger partial charge < -0.3 is 24.8 Å². The quantitative estimate of drug-likeness (QED) is 0.553. The van der Waals surface area contributed by atoms with Crippen LogP contribution in [0.1, 0.15) is 52.1 Å². The molecule has 3 atom stereocenters. The Morgan fingerprint density at radius 1 is 1.19 bits per heavy atom. The summed E-state index contributed by atoms with van der Waals surface area (Å²) in [5.41, 5.74) is 0.943. The van der Waals surface area contributed by atoms with E-state index in [-0.39, 0.29) is 25.0 Å². The maximum absolute atomic E-state index is 14.0. The number of rotatable bonds is 4. The number of benzene rings is 1. The number of likely N-dealkylation sites (N-methyl/N-ethyl adjacent to an activating group) is 1. The summed E-state index contributed by atoms with van der Waals surface area (Å²) in [4.78, 5) is 60.8. The van der Waals surface area contributed by atoms with Gasteiger partial charge in [0.05, 0.1) is 18.6 Å². The summed E-state index contributed by atoms with van der Waals surface area (Å²) in [6, 6.07) is 6.30. The van der Waals surface area contributed by atoms with Crippen LogP contribution in [0.15, 0.2) is 29.3 Å². The van der Waals surface area contributed by atoms with Gasteiger partial charge in [-0.2, -0.15) is 0 Å². The number of hydrogen-bond donors (Lipinski definition) is 1. The van der Waals surface area contributed by atoms with Crippen LogP contribution in [-0.2, 0) is 16.1 Å². The van der Waals surface area contributed by atoms with E-state index in [2.05, 4.69) is 32.0 Å². The number of carbonyl (C=O) groups excluding carboxylic acids is 3. The molecule has 2 saturated heterocycles. The molecule has 4 heterocycles. The predicted molar refractivity (Wildman–Crippen MR) is 157 cm³/mol. The smallest absolute Gasteiger partial charge is 0.407 e. The summed E-state index contributed by atoms with van der Waals surface area (Å²) in [5, 5.41) is 3.89. The third-order valence-electron chi connectivity index (χ3n) is 7.56. The molecule has 1 N–H and O–H groups in total. The van der Waals surface area contributed by atoms with Gasteiger partial charge in [-0.15, -0.1) is 5.92 Å². The van der Waals surface area contributed by atoms with Crippen molar-refractivity contribution in [2.75, 3.05) is 26.7 Å². The first-order chi connectivity index (χ1) is 20.0. The fraction of sp³-hybridized carbons (Fsp3) is 0.533. The highest BCUT2D eigenvalue weighted by Gasteiger charge is 2.53. The number of imide groups is 1. The Balaban J connectivity index is 1.38. The molecular formula is C30H38N8O4. The van der Waals surface area contributed by atoms with Gasteiger partial charge in [-0.25, -0.2) is 24.5 Å². The second kappa shape index (κ2) is 11.5. The number of amides is 4. The lowest BCUT2D eigenvalue weighted by atomic mass is 10.1. The van der Waals surface area contributed by atoms with E-state index < -0.39 is 29.9 Å². The number of likely N-dealkylation sites (tertiary alicyclic amines) is 1. The molecule has 5 rings (SSSR count). The highest BCUT2D eigenvalue weighted by Crippen LogP contribution is 2.30. The van der Waals surface area contributed by atoms with Crippen LogP contribution in [-0.4, -0.2) is 104 Å². The van der Waals surface area contributed by atoms with E-state index in [0.717, 1.165) is 29.4 Å². The number of hydrogen-bond acceptors (Lipinski definition) is 9. The Hall–Kier alpha value is -4.40. The van der Waals surface area contributed by atoms with E-state index in [9.17, 15) is 14.4 Å². The van der Waals surface area contributed by atoms with Gasteiger partial charge in [-0.3, -0.25) is 9.69 Å². The lowest BCUT2D eigenvalue weighted by Gasteiger charge is -2.42. The van der Waals surface area contributed by atoms with Crippen LogP contribution < -0.4 is 5.32 Å². The Labute approximate surface area is 246 Å². The number of para-hydroxylation sites is 1. The van der Waals surface area contributed by atoms with Crippen molar-refractivity contribution < 1.29 is 19.1 Å². The van der Waals surface area contributed by atoms with Gasteiger partial charge in [0.2, 0.25) is 5.96 Å². The average molecular weight is 575 g/mol. The highest BCUT2D eigenvalue weighted by atomic mass is 16.6. The van der Waals surface area contributed by atoms with Crippen molar-refractivity contribution in [3.8, 4) is 11.8 Å². The average Bonchev–Trinajstić information content (AvgIpc) is 3.32. The first-order valence-electron chi connectivity index (χ1n) is 14.3. The van der Waals surface area contributed by atoms with Crippen molar-refractivity contribution in [1.82, 2.24) is 34.9 Å². The normalized spacial score (nSPS) is 22.5. The van der Waals surface area contributed by atoms with E-state index >= 15 is 0 Å². The lowest BCUT2D eigenvalue weighted by Crippen LogP contribution is -2.65. The highest BCUT2D eigenvalue weighted by molar-refractivity contribution is 6.03. The molecule has 0 saturated carbocycles. The number of carbonyl (C=O) groups is 3. The molecule has 3 aliphatic heterocycles. The predicted octanol–water partition coefficient (Wildman–Crippen LogP) is 2.71. The molecule has 1 aromatic heterocycles. The van der Waals surface area contributed by atoms with Crippen LogP contribution in [0.3, 0.4) is 0 Å². The molecule has 0 unspecified atom stereocenters. The standard InChI is InChI=1S/C30H38N8O4/c1-7-8-16-37-24-25(34-27(37)36-15-11-12-20(17-36)32-28(40)42-30(3,4)5)35(6)29(41)38(26(24)39)18-23-31-19(2)21-13-9-10-14-22(21)33-23/h9-10,13-14,20,24-25H,11-12,15-18H2,1-6H3,(H,32,40)/t20-,24-,25+/m0/s1. The fourth-order valence-electron chi connectivity index (χ4n) is 5.67. The molecule has 1 aromatic carbocycles. The van der Waals surface area contributed by atoms with Gasteiger partial charge in [-0.1, -0.05) is 24.1 Å². The number of nitrogens with zero attached hydrogens (tertiary/aromatic N) is 7. The summed E-state index contributed by atoms with van der Waals surface area (Å²) in [6.45, 7) is 10.5. The zero-order valence-electron chi connectivity index (χ0n) is 25.0. The maximum atomic E-state index is 14.0. The molecule has 0 radical (unpaired) electrons. The largest absolute Gasteiger partial charge is 0.444 e. The third-order valence-corrected chi connectivity index (χ3v) is 7.56. The summed E-state index contributed by atoms with van der Waals surface area (Å²) in [7, 11) is 1.66. The first-order valence-corrected chi connectivity index (χ1v) is 14.3. The minimum Gasteiger partial charge on any atom is -0.444 e. The molecule has 12 nitrogen and oxygen atoms in total. The van der Waals surface area contributed by atoms with Gasteiger partial charge in [-0.05, 0) is 53.5 Å². The number of fused-ring (bicyclic) bond motifs is 2. The van der Waals surface area contributed by atoms with Gasteiger partial charge in [0, 0.05) is 37.3 Å².